The summed E-state index contributed by atoms with van der Waals surface area (Å²) in [7, 11) is 0. The van der Waals surface area contributed by atoms with Crippen molar-refractivity contribution in [2.24, 2.45) is 0 Å². The zero-order valence-electron chi connectivity index (χ0n) is 10.9. The number of amides is 1. The summed E-state index contributed by atoms with van der Waals surface area (Å²) in [6.45, 7) is 0.289. The largest absolute Gasteiger partial charge is 0.478 e. The van der Waals surface area contributed by atoms with Crippen LogP contribution in [0.2, 0.25) is 5.15 Å². The van der Waals surface area contributed by atoms with Gasteiger partial charge in [-0.25, -0.2) is 9.78 Å². The number of halogens is 1. The first-order valence-corrected chi connectivity index (χ1v) is 6.52. The molecule has 0 aliphatic carbocycles. The summed E-state index contributed by atoms with van der Waals surface area (Å²) < 4.78 is 0. The lowest BCUT2D eigenvalue weighted by Crippen LogP contribution is -2.27. The van der Waals surface area contributed by atoms with Gasteiger partial charge in [0.15, 0.2) is 0 Å². The topological polar surface area (TPSA) is 92.2 Å². The Morgan fingerprint density at radius 3 is 2.71 bits per heavy atom. The van der Waals surface area contributed by atoms with E-state index in [0.29, 0.717) is 12.0 Å². The van der Waals surface area contributed by atoms with Gasteiger partial charge in [0.1, 0.15) is 10.8 Å². The molecule has 0 radical (unpaired) electrons. The Morgan fingerprint density at radius 2 is 2.00 bits per heavy atom. The number of nitrogens with zero attached hydrogens (tertiary/aromatic N) is 2. The van der Waals surface area contributed by atoms with E-state index in [0.717, 1.165) is 0 Å². The molecule has 0 fully saturated rings. The SMILES string of the molecule is O=C(NCCc1ccccc1C(=O)O)c1cncc(Cl)n1. The van der Waals surface area contributed by atoms with Crippen LogP contribution in [-0.2, 0) is 6.42 Å². The van der Waals surface area contributed by atoms with Crippen LogP contribution in [0.4, 0.5) is 0 Å². The predicted molar refractivity (Wildman–Crippen MR) is 76.5 cm³/mol. The molecule has 2 aromatic rings. The molecule has 1 heterocycles. The van der Waals surface area contributed by atoms with Gasteiger partial charge in [0.05, 0.1) is 18.0 Å². The lowest BCUT2D eigenvalue weighted by molar-refractivity contribution is 0.0695. The average molecular weight is 306 g/mol. The maximum atomic E-state index is 11.8. The minimum Gasteiger partial charge on any atom is -0.478 e. The van der Waals surface area contributed by atoms with E-state index < -0.39 is 11.9 Å². The van der Waals surface area contributed by atoms with Crippen LogP contribution in [-0.4, -0.2) is 33.5 Å². The van der Waals surface area contributed by atoms with Crippen LogP contribution >= 0.6 is 11.6 Å². The molecule has 0 spiro atoms. The maximum absolute atomic E-state index is 11.8. The summed E-state index contributed by atoms with van der Waals surface area (Å²) in [6.07, 6.45) is 3.05. The molecule has 1 aromatic carbocycles. The van der Waals surface area contributed by atoms with Crippen LogP contribution in [0.3, 0.4) is 0 Å². The Labute approximate surface area is 125 Å². The monoisotopic (exact) mass is 305 g/mol. The van der Waals surface area contributed by atoms with E-state index in [1.54, 1.807) is 18.2 Å². The maximum Gasteiger partial charge on any atom is 0.335 e. The lowest BCUT2D eigenvalue weighted by Gasteiger charge is -2.07. The summed E-state index contributed by atoms with van der Waals surface area (Å²) >= 11 is 5.66. The highest BCUT2D eigenvalue weighted by atomic mass is 35.5. The van der Waals surface area contributed by atoms with E-state index in [1.807, 2.05) is 0 Å². The van der Waals surface area contributed by atoms with Crippen molar-refractivity contribution in [3.63, 3.8) is 0 Å². The highest BCUT2D eigenvalue weighted by Gasteiger charge is 2.11. The molecule has 0 bridgehead atoms. The summed E-state index contributed by atoms with van der Waals surface area (Å²) in [5, 5.41) is 11.8. The standard InChI is InChI=1S/C14H12ClN3O3/c15-12-8-16-7-11(18-12)13(19)17-6-5-9-3-1-2-4-10(9)14(20)21/h1-4,7-8H,5-6H2,(H,17,19)(H,20,21). The van der Waals surface area contributed by atoms with Gasteiger partial charge in [-0.1, -0.05) is 29.8 Å². The van der Waals surface area contributed by atoms with Gasteiger partial charge >= 0.3 is 5.97 Å². The van der Waals surface area contributed by atoms with Crippen LogP contribution in [0.5, 0.6) is 0 Å². The number of rotatable bonds is 5. The molecule has 6 nitrogen and oxygen atoms in total. The highest BCUT2D eigenvalue weighted by Crippen LogP contribution is 2.09. The highest BCUT2D eigenvalue weighted by molar-refractivity contribution is 6.29. The molecule has 0 aliphatic heterocycles. The molecule has 0 saturated carbocycles. The van der Waals surface area contributed by atoms with E-state index in [-0.39, 0.29) is 23.0 Å². The first kappa shape index (κ1) is 14.9. The molecule has 0 atom stereocenters. The van der Waals surface area contributed by atoms with E-state index in [4.69, 9.17) is 16.7 Å². The van der Waals surface area contributed by atoms with Crippen LogP contribution < -0.4 is 5.32 Å². The van der Waals surface area contributed by atoms with Crippen molar-refractivity contribution in [2.45, 2.75) is 6.42 Å². The van der Waals surface area contributed by atoms with Crippen LogP contribution in [0.15, 0.2) is 36.7 Å². The first-order chi connectivity index (χ1) is 10.1. The number of aromatic nitrogens is 2. The summed E-state index contributed by atoms with van der Waals surface area (Å²) in [6, 6.07) is 6.66. The Morgan fingerprint density at radius 1 is 1.24 bits per heavy atom. The fraction of sp³-hybridized carbons (Fsp3) is 0.143. The number of nitrogens with one attached hydrogen (secondary N) is 1. The Bertz CT molecular complexity index is 676. The third-order valence-electron chi connectivity index (χ3n) is 2.77. The third-order valence-corrected chi connectivity index (χ3v) is 2.95. The molecule has 2 rings (SSSR count). The first-order valence-electron chi connectivity index (χ1n) is 6.15. The van der Waals surface area contributed by atoms with Crippen molar-refractivity contribution in [1.29, 1.82) is 0 Å². The smallest absolute Gasteiger partial charge is 0.335 e. The van der Waals surface area contributed by atoms with Crippen molar-refractivity contribution >= 4 is 23.5 Å². The van der Waals surface area contributed by atoms with Gasteiger partial charge in [-0.05, 0) is 18.1 Å². The molecule has 1 aromatic heterocycles. The fourth-order valence-electron chi connectivity index (χ4n) is 1.80. The molecule has 7 heteroatoms. The lowest BCUT2D eigenvalue weighted by atomic mass is 10.0. The summed E-state index contributed by atoms with van der Waals surface area (Å²) in [5.41, 5.74) is 1.01. The average Bonchev–Trinajstić information content (AvgIpc) is 2.47. The number of carbonyl (C=O) groups is 2. The molecule has 0 saturated heterocycles. The number of benzene rings is 1. The second-order valence-corrected chi connectivity index (χ2v) is 4.58. The van der Waals surface area contributed by atoms with Gasteiger partial charge < -0.3 is 10.4 Å². The zero-order chi connectivity index (χ0) is 15.2. The summed E-state index contributed by atoms with van der Waals surface area (Å²) in [5.74, 6) is -1.39. The summed E-state index contributed by atoms with van der Waals surface area (Å²) in [4.78, 5) is 30.5. The number of aromatic carboxylic acids is 1. The molecular weight excluding hydrogens is 294 g/mol. The number of carboxylic acid groups (broad SMARTS) is 1. The van der Waals surface area contributed by atoms with Crippen LogP contribution in [0.25, 0.3) is 0 Å². The Kier molecular flexibility index (Phi) is 4.84. The number of hydrogen-bond donors (Lipinski definition) is 2. The molecule has 2 N–H and O–H groups in total. The molecule has 108 valence electrons. The van der Waals surface area contributed by atoms with E-state index in [2.05, 4.69) is 15.3 Å². The minimum atomic E-state index is -0.988. The third kappa shape index (κ3) is 4.00. The Balaban J connectivity index is 1.96. The van der Waals surface area contributed by atoms with Crippen molar-refractivity contribution in [3.8, 4) is 0 Å². The van der Waals surface area contributed by atoms with Crippen molar-refractivity contribution in [1.82, 2.24) is 15.3 Å². The van der Waals surface area contributed by atoms with Gasteiger partial charge in [-0.15, -0.1) is 0 Å². The van der Waals surface area contributed by atoms with E-state index >= 15 is 0 Å². The molecular formula is C14H12ClN3O3. The molecule has 21 heavy (non-hydrogen) atoms. The quantitative estimate of drug-likeness (QED) is 0.878. The van der Waals surface area contributed by atoms with Gasteiger partial charge in [0.2, 0.25) is 0 Å². The van der Waals surface area contributed by atoms with Gasteiger partial charge in [-0.2, -0.15) is 0 Å². The fourth-order valence-corrected chi connectivity index (χ4v) is 1.95. The molecule has 0 aliphatic rings. The predicted octanol–water partition coefficient (Wildman–Crippen LogP) is 1.80. The number of hydrogen-bond acceptors (Lipinski definition) is 4. The molecule has 1 amide bonds. The van der Waals surface area contributed by atoms with Crippen LogP contribution in [0.1, 0.15) is 26.4 Å². The second-order valence-electron chi connectivity index (χ2n) is 4.20. The zero-order valence-corrected chi connectivity index (χ0v) is 11.7. The minimum absolute atomic E-state index is 0.119. The van der Waals surface area contributed by atoms with Crippen molar-refractivity contribution < 1.29 is 14.7 Å². The second kappa shape index (κ2) is 6.81. The van der Waals surface area contributed by atoms with E-state index in [9.17, 15) is 9.59 Å². The van der Waals surface area contributed by atoms with Crippen molar-refractivity contribution in [2.75, 3.05) is 6.54 Å². The van der Waals surface area contributed by atoms with Crippen molar-refractivity contribution in [3.05, 3.63) is 58.6 Å². The van der Waals surface area contributed by atoms with Crippen LogP contribution in [0, 0.1) is 0 Å². The van der Waals surface area contributed by atoms with E-state index in [1.165, 1.54) is 18.5 Å². The number of carbonyl (C=O) groups excluding carboxylic acids is 1. The van der Waals surface area contributed by atoms with Gasteiger partial charge in [-0.3, -0.25) is 9.78 Å². The number of carboxylic acids is 1. The van der Waals surface area contributed by atoms with Gasteiger partial charge in [0, 0.05) is 6.54 Å². The Hall–Kier alpha value is -2.47. The normalized spacial score (nSPS) is 10.1. The van der Waals surface area contributed by atoms with Gasteiger partial charge in [0.25, 0.3) is 5.91 Å². The molecule has 0 unspecified atom stereocenters.